The summed E-state index contributed by atoms with van der Waals surface area (Å²) < 4.78 is 40.2. The van der Waals surface area contributed by atoms with E-state index in [1.807, 2.05) is 0 Å². The van der Waals surface area contributed by atoms with Gasteiger partial charge in [-0.2, -0.15) is 4.98 Å². The summed E-state index contributed by atoms with van der Waals surface area (Å²) >= 11 is 5.42. The molecule has 9 N–H and O–H groups in total. The van der Waals surface area contributed by atoms with Gasteiger partial charge in [0.2, 0.25) is 5.95 Å². The summed E-state index contributed by atoms with van der Waals surface area (Å²) in [6.45, 7) is -3.16. The van der Waals surface area contributed by atoms with E-state index in [2.05, 4.69) is 29.9 Å². The fourth-order valence-corrected chi connectivity index (χ4v) is 11.3. The van der Waals surface area contributed by atoms with Crippen molar-refractivity contribution in [1.82, 2.24) is 39.0 Å². The number of anilines is 2. The van der Waals surface area contributed by atoms with Gasteiger partial charge in [-0.15, -0.1) is 0 Å². The van der Waals surface area contributed by atoms with E-state index in [-0.39, 0.29) is 36.0 Å². The molecule has 23 heteroatoms. The number of hydrogen-bond acceptors (Lipinski definition) is 16. The van der Waals surface area contributed by atoms with Crippen molar-refractivity contribution in [2.75, 3.05) is 24.7 Å². The Labute approximate surface area is 274 Å². The lowest BCUT2D eigenvalue weighted by molar-refractivity contribution is -0.0491. The first-order valence-corrected chi connectivity index (χ1v) is 19.1. The minimum absolute atomic E-state index is 0.0202. The van der Waals surface area contributed by atoms with Crippen LogP contribution in [0.15, 0.2) is 23.8 Å². The molecule has 0 radical (unpaired) electrons. The lowest BCUT2D eigenvalue weighted by Crippen LogP contribution is -2.41. The molecule has 4 aliphatic carbocycles. The van der Waals surface area contributed by atoms with Crippen LogP contribution in [-0.4, -0.2) is 96.2 Å². The number of phosphoric acid groups is 1. The number of imidazole rings is 2. The molecule has 12 atom stereocenters. The number of H-pyrrole nitrogens is 1. The van der Waals surface area contributed by atoms with Gasteiger partial charge in [0.15, 0.2) is 22.6 Å². The topological polar surface area (TPSA) is 294 Å². The predicted octanol–water partition coefficient (Wildman–Crippen LogP) is -0.508. The zero-order valence-corrected chi connectivity index (χ0v) is 27.5. The van der Waals surface area contributed by atoms with Crippen molar-refractivity contribution >= 4 is 60.4 Å². The Balaban J connectivity index is 1.09. The number of aliphatic hydroxyl groups is 2. The molecule has 5 heterocycles. The number of nitrogen functional groups attached to an aromatic ring is 2. The van der Waals surface area contributed by atoms with E-state index in [0.717, 1.165) is 0 Å². The number of aromatic nitrogens is 8. The van der Waals surface area contributed by atoms with Crippen LogP contribution in [0.25, 0.3) is 22.3 Å². The molecule has 256 valence electrons. The average Bonchev–Trinajstić information content (AvgIpc) is 3.41. The fourth-order valence-electron chi connectivity index (χ4n) is 8.74. The minimum Gasteiger partial charge on any atom is -0.388 e. The molecule has 4 aromatic rings. The highest BCUT2D eigenvalue weighted by Gasteiger charge is 2.83. The third kappa shape index (κ3) is 4.06. The summed E-state index contributed by atoms with van der Waals surface area (Å²) in [5.41, 5.74) is 7.95. The number of nitrogens with two attached hydrogens (primary N) is 2. The monoisotopic (exact) mass is 724 g/mol. The Morgan fingerprint density at radius 2 is 1.79 bits per heavy atom. The van der Waals surface area contributed by atoms with Gasteiger partial charge in [-0.3, -0.25) is 18.8 Å². The van der Waals surface area contributed by atoms with Crippen LogP contribution in [0.3, 0.4) is 0 Å². The fraction of sp³-hybridized carbons (Fsp3) is 0.600. The van der Waals surface area contributed by atoms with Crippen molar-refractivity contribution in [3.8, 4) is 0 Å². The summed E-state index contributed by atoms with van der Waals surface area (Å²) in [6, 6.07) is -1.56. The van der Waals surface area contributed by atoms with E-state index >= 15 is 0 Å². The molecule has 5 aliphatic rings. The first-order chi connectivity index (χ1) is 22.6. The maximum atomic E-state index is 13.8. The SMILES string of the molecule is C[C@]12COP(O)(=S)O[C@H]3[C@@H](O)[C@H](n4cnc5c(N)ncnc54)[C@H]4C[C@]43COP(=O)(O)O[C@H]3[C@H](n4cnc5c(=O)[nH]c(N)nc54)C[C@H]1[C@@]32O. The van der Waals surface area contributed by atoms with Gasteiger partial charge in [-0.05, 0) is 30.6 Å². The molecule has 20 nitrogen and oxygen atoms in total. The van der Waals surface area contributed by atoms with Gasteiger partial charge in [0, 0.05) is 16.7 Å². The molecule has 2 unspecified atom stereocenters. The second-order valence-corrected chi connectivity index (χ2v) is 17.7. The standard InChI is InChI=1S/C25H30N10O10P2S/c1-23-4-43-47(41,48)45-17-15(36)14(35-8-30-12-18(26)28-6-29-19(12)35)9-3-24(9,17)5-42-46(39,40)44-16-10(2-11(23)25(16,23)38)34-7-31-13-20(34)32-22(27)33-21(13)37/h6-11,14-17,36,38H,2-5H2,1H3,(H,39,40)(H,41,48)(H2,26,28,29)(H3,27,32,33,37)/t9-,10-,11-,14-,15+,16+,17+,23+,24+,25-,47?/m1/s1. The van der Waals surface area contributed by atoms with Crippen molar-refractivity contribution in [1.29, 1.82) is 0 Å². The second-order valence-electron chi connectivity index (χ2n) is 13.5. The van der Waals surface area contributed by atoms with Crippen LogP contribution in [0.2, 0.25) is 0 Å². The molecule has 0 amide bonds. The first-order valence-electron chi connectivity index (χ1n) is 15.0. The molecular formula is C25H30N10O10P2S. The predicted molar refractivity (Wildman–Crippen MR) is 166 cm³/mol. The van der Waals surface area contributed by atoms with Crippen molar-refractivity contribution in [2.45, 2.75) is 55.8 Å². The number of phosphoric ester groups is 1. The summed E-state index contributed by atoms with van der Waals surface area (Å²) in [4.78, 5) is 58.2. The maximum absolute atomic E-state index is 13.8. The number of hydrogen-bond donors (Lipinski definition) is 7. The molecule has 1 aliphatic heterocycles. The van der Waals surface area contributed by atoms with Crippen LogP contribution in [0.5, 0.6) is 0 Å². The van der Waals surface area contributed by atoms with Crippen LogP contribution in [0.4, 0.5) is 11.8 Å². The van der Waals surface area contributed by atoms with Gasteiger partial charge in [0.05, 0.1) is 38.0 Å². The Morgan fingerprint density at radius 3 is 2.58 bits per heavy atom. The third-order valence-corrected chi connectivity index (χ3v) is 13.7. The van der Waals surface area contributed by atoms with Gasteiger partial charge in [-0.25, -0.2) is 24.5 Å². The number of nitrogens with zero attached hydrogens (tertiary/aromatic N) is 7. The van der Waals surface area contributed by atoms with Crippen LogP contribution in [0, 0.1) is 22.7 Å². The van der Waals surface area contributed by atoms with E-state index < -0.39 is 85.4 Å². The summed E-state index contributed by atoms with van der Waals surface area (Å²) in [6.07, 6.45) is 0.678. The van der Waals surface area contributed by atoms with Crippen LogP contribution >= 0.6 is 14.5 Å². The lowest BCUT2D eigenvalue weighted by Gasteiger charge is -2.33. The first kappa shape index (κ1) is 31.1. The van der Waals surface area contributed by atoms with E-state index in [9.17, 15) is 29.4 Å². The van der Waals surface area contributed by atoms with Crippen LogP contribution in [-0.2, 0) is 34.5 Å². The normalized spacial score (nSPS) is 45.1. The smallest absolute Gasteiger partial charge is 0.388 e. The van der Waals surface area contributed by atoms with Gasteiger partial charge in [0.25, 0.3) is 5.56 Å². The van der Waals surface area contributed by atoms with Gasteiger partial charge < -0.3 is 49.6 Å². The van der Waals surface area contributed by atoms with E-state index in [4.69, 9.17) is 41.4 Å². The minimum atomic E-state index is -4.96. The van der Waals surface area contributed by atoms with Crippen LogP contribution in [0.1, 0.15) is 31.8 Å². The molecule has 5 fully saturated rings. The highest BCUT2D eigenvalue weighted by molar-refractivity contribution is 8.07. The molecule has 1 spiro atoms. The highest BCUT2D eigenvalue weighted by atomic mass is 32.5. The molecular weight excluding hydrogens is 694 g/mol. The summed E-state index contributed by atoms with van der Waals surface area (Å²) in [5.74, 6) is -1.01. The number of rotatable bonds is 2. The Kier molecular flexibility index (Phi) is 6.24. The zero-order valence-electron chi connectivity index (χ0n) is 24.9. The Bertz CT molecular complexity index is 2200. The Hall–Kier alpha value is -2.94. The number of nitrogens with one attached hydrogen (secondary N) is 1. The van der Waals surface area contributed by atoms with Crippen LogP contribution < -0.4 is 17.0 Å². The molecule has 9 rings (SSSR count). The van der Waals surface area contributed by atoms with Crippen molar-refractivity contribution in [3.63, 3.8) is 0 Å². The summed E-state index contributed by atoms with van der Waals surface area (Å²) in [5, 5.41) is 23.7. The number of fused-ring (bicyclic) bond motifs is 3. The molecule has 1 saturated heterocycles. The molecule has 0 aromatic carbocycles. The van der Waals surface area contributed by atoms with Crippen molar-refractivity contribution < 1.29 is 42.7 Å². The second kappa shape index (κ2) is 9.64. The lowest BCUT2D eigenvalue weighted by atomic mass is 9.92. The maximum Gasteiger partial charge on any atom is 0.472 e. The number of aliphatic hydroxyl groups excluding tert-OH is 1. The molecule has 0 bridgehead atoms. The quantitative estimate of drug-likeness (QED) is 0.128. The third-order valence-electron chi connectivity index (χ3n) is 11.2. The van der Waals surface area contributed by atoms with Gasteiger partial charge in [0.1, 0.15) is 35.8 Å². The number of aromatic amines is 1. The van der Waals surface area contributed by atoms with Gasteiger partial charge >= 0.3 is 14.5 Å². The van der Waals surface area contributed by atoms with E-state index in [1.165, 1.54) is 23.5 Å². The molecule has 4 aromatic heterocycles. The zero-order chi connectivity index (χ0) is 33.8. The van der Waals surface area contributed by atoms with Crippen molar-refractivity contribution in [3.05, 3.63) is 29.3 Å². The Morgan fingerprint density at radius 1 is 1.04 bits per heavy atom. The van der Waals surface area contributed by atoms with E-state index in [1.54, 1.807) is 11.5 Å². The average molecular weight is 725 g/mol. The molecule has 4 saturated carbocycles. The van der Waals surface area contributed by atoms with Gasteiger partial charge in [-0.1, -0.05) is 6.92 Å². The highest BCUT2D eigenvalue weighted by Crippen LogP contribution is 2.77. The molecule has 48 heavy (non-hydrogen) atoms. The van der Waals surface area contributed by atoms with Crippen molar-refractivity contribution in [2.24, 2.45) is 22.7 Å². The van der Waals surface area contributed by atoms with E-state index in [0.29, 0.717) is 17.6 Å². The summed E-state index contributed by atoms with van der Waals surface area (Å²) in [7, 11) is -4.96. The largest absolute Gasteiger partial charge is 0.472 e.